The second-order valence-corrected chi connectivity index (χ2v) is 2.89. The highest BCUT2D eigenvalue weighted by molar-refractivity contribution is 5.39. The van der Waals surface area contributed by atoms with Crippen molar-refractivity contribution in [1.82, 2.24) is 0 Å². The highest BCUT2D eigenvalue weighted by atomic mass is 16.5. The van der Waals surface area contributed by atoms with Gasteiger partial charge in [0, 0.05) is 0 Å². The highest BCUT2D eigenvalue weighted by Crippen LogP contribution is 2.26. The molecule has 0 amide bonds. The number of benzene rings is 1. The van der Waals surface area contributed by atoms with Crippen molar-refractivity contribution in [3.05, 3.63) is 61.0 Å². The zero-order valence-corrected chi connectivity index (χ0v) is 9.11. The van der Waals surface area contributed by atoms with Crippen LogP contribution in [0.15, 0.2) is 61.0 Å². The van der Waals surface area contributed by atoms with Crippen LogP contribution in [0, 0.1) is 0 Å². The zero-order valence-electron chi connectivity index (χ0n) is 9.11. The molecular weight excluding hydrogens is 200 g/mol. The summed E-state index contributed by atoms with van der Waals surface area (Å²) in [5, 5.41) is 0. The lowest BCUT2D eigenvalue weighted by molar-refractivity contribution is 0.308. The lowest BCUT2D eigenvalue weighted by atomic mass is 10.3. The van der Waals surface area contributed by atoms with Crippen molar-refractivity contribution in [2.75, 3.05) is 13.2 Å². The molecule has 0 saturated heterocycles. The van der Waals surface area contributed by atoms with E-state index in [4.69, 9.17) is 9.47 Å². The summed E-state index contributed by atoms with van der Waals surface area (Å²) in [6.07, 6.45) is 3.42. The molecule has 1 aromatic rings. The van der Waals surface area contributed by atoms with Crippen LogP contribution in [0.4, 0.5) is 0 Å². The Kier molecular flexibility index (Phi) is 5.36. The lowest BCUT2D eigenvalue weighted by Gasteiger charge is -2.09. The van der Waals surface area contributed by atoms with Gasteiger partial charge in [-0.2, -0.15) is 0 Å². The number of rotatable bonds is 6. The lowest BCUT2D eigenvalue weighted by Crippen LogP contribution is -1.98. The van der Waals surface area contributed by atoms with E-state index in [1.165, 1.54) is 0 Å². The number of para-hydroxylation sites is 2. The Morgan fingerprint density at radius 2 is 1.38 bits per heavy atom. The molecule has 0 N–H and O–H groups in total. The van der Waals surface area contributed by atoms with Crippen molar-refractivity contribution in [1.29, 1.82) is 0 Å². The summed E-state index contributed by atoms with van der Waals surface area (Å²) < 4.78 is 11.0. The van der Waals surface area contributed by atoms with Crippen molar-refractivity contribution >= 4 is 0 Å². The van der Waals surface area contributed by atoms with Crippen molar-refractivity contribution in [3.63, 3.8) is 0 Å². The second kappa shape index (κ2) is 7.19. The van der Waals surface area contributed by atoms with Crippen LogP contribution in [0.1, 0.15) is 0 Å². The fraction of sp³-hybridized carbons (Fsp3) is 0.143. The maximum atomic E-state index is 5.48. The van der Waals surface area contributed by atoms with E-state index in [1.54, 1.807) is 12.2 Å². The molecule has 1 aromatic carbocycles. The van der Waals surface area contributed by atoms with Crippen LogP contribution in [-0.4, -0.2) is 13.2 Å². The SMILES string of the molecule is C=C=CCOc1ccccc1OCC=C=C. The maximum Gasteiger partial charge on any atom is 0.161 e. The van der Waals surface area contributed by atoms with E-state index >= 15 is 0 Å². The number of ether oxygens (including phenoxy) is 2. The van der Waals surface area contributed by atoms with Gasteiger partial charge in [-0.15, -0.1) is 11.5 Å². The molecule has 0 radical (unpaired) electrons. The molecule has 82 valence electrons. The first kappa shape index (κ1) is 11.9. The molecule has 16 heavy (non-hydrogen) atoms. The summed E-state index contributed by atoms with van der Waals surface area (Å²) >= 11 is 0. The minimum atomic E-state index is 0.432. The summed E-state index contributed by atoms with van der Waals surface area (Å²) in [6.45, 7) is 7.79. The first-order valence-electron chi connectivity index (χ1n) is 4.91. The molecule has 0 saturated carbocycles. The van der Waals surface area contributed by atoms with Crippen molar-refractivity contribution < 1.29 is 9.47 Å². The topological polar surface area (TPSA) is 18.5 Å². The minimum Gasteiger partial charge on any atom is -0.485 e. The fourth-order valence-corrected chi connectivity index (χ4v) is 1.07. The minimum absolute atomic E-state index is 0.432. The van der Waals surface area contributed by atoms with E-state index in [0.29, 0.717) is 24.7 Å². The third-order valence-corrected chi connectivity index (χ3v) is 1.78. The van der Waals surface area contributed by atoms with Crippen LogP contribution in [0.25, 0.3) is 0 Å². The quantitative estimate of drug-likeness (QED) is 0.677. The molecule has 2 heteroatoms. The van der Waals surface area contributed by atoms with Crippen molar-refractivity contribution in [2.45, 2.75) is 0 Å². The number of hydrogen-bond donors (Lipinski definition) is 0. The van der Waals surface area contributed by atoms with E-state index in [-0.39, 0.29) is 0 Å². The summed E-state index contributed by atoms with van der Waals surface area (Å²) in [4.78, 5) is 0. The van der Waals surface area contributed by atoms with Crippen molar-refractivity contribution in [2.24, 2.45) is 0 Å². The molecule has 0 aliphatic carbocycles. The van der Waals surface area contributed by atoms with Crippen molar-refractivity contribution in [3.8, 4) is 11.5 Å². The average molecular weight is 214 g/mol. The molecule has 0 bridgehead atoms. The van der Waals surface area contributed by atoms with Gasteiger partial charge in [-0.1, -0.05) is 25.3 Å². The van der Waals surface area contributed by atoms with Gasteiger partial charge in [0.05, 0.1) is 0 Å². The van der Waals surface area contributed by atoms with Gasteiger partial charge < -0.3 is 9.47 Å². The van der Waals surface area contributed by atoms with Gasteiger partial charge in [-0.3, -0.25) is 0 Å². The van der Waals surface area contributed by atoms with E-state index < -0.39 is 0 Å². The predicted molar refractivity (Wildman–Crippen MR) is 64.9 cm³/mol. The molecule has 0 aromatic heterocycles. The fourth-order valence-electron chi connectivity index (χ4n) is 1.07. The summed E-state index contributed by atoms with van der Waals surface area (Å²) in [5.41, 5.74) is 5.29. The van der Waals surface area contributed by atoms with Crippen LogP contribution >= 0.6 is 0 Å². The normalized spacial score (nSPS) is 8.50. The number of hydrogen-bond acceptors (Lipinski definition) is 2. The van der Waals surface area contributed by atoms with Gasteiger partial charge in [0.25, 0.3) is 0 Å². The van der Waals surface area contributed by atoms with Gasteiger partial charge in [0.15, 0.2) is 11.5 Å². The van der Waals surface area contributed by atoms with Gasteiger partial charge in [-0.25, -0.2) is 0 Å². The Hall–Kier alpha value is -2.14. The Balaban J connectivity index is 2.66. The summed E-state index contributed by atoms with van der Waals surface area (Å²) in [5.74, 6) is 1.40. The Bertz CT molecular complexity index is 381. The van der Waals surface area contributed by atoms with Gasteiger partial charge in [0.1, 0.15) is 13.2 Å². The summed E-state index contributed by atoms with van der Waals surface area (Å²) in [7, 11) is 0. The maximum absolute atomic E-state index is 5.48. The van der Waals surface area contributed by atoms with Crippen LogP contribution in [0.2, 0.25) is 0 Å². The Labute approximate surface area is 95.8 Å². The summed E-state index contributed by atoms with van der Waals surface area (Å²) in [6, 6.07) is 7.49. The molecule has 0 aliphatic heterocycles. The third kappa shape index (κ3) is 3.93. The first-order chi connectivity index (χ1) is 7.88. The smallest absolute Gasteiger partial charge is 0.161 e. The van der Waals surface area contributed by atoms with Gasteiger partial charge in [-0.05, 0) is 24.3 Å². The first-order valence-corrected chi connectivity index (χ1v) is 4.91. The van der Waals surface area contributed by atoms with Gasteiger partial charge in [0.2, 0.25) is 0 Å². The second-order valence-electron chi connectivity index (χ2n) is 2.89. The molecule has 0 atom stereocenters. The average Bonchev–Trinajstić information content (AvgIpc) is 2.32. The Morgan fingerprint density at radius 3 is 1.75 bits per heavy atom. The van der Waals surface area contributed by atoms with E-state index in [1.807, 2.05) is 24.3 Å². The molecule has 0 fully saturated rings. The molecule has 0 unspecified atom stereocenters. The van der Waals surface area contributed by atoms with E-state index in [2.05, 4.69) is 24.6 Å². The van der Waals surface area contributed by atoms with E-state index in [0.717, 1.165) is 0 Å². The van der Waals surface area contributed by atoms with E-state index in [9.17, 15) is 0 Å². The molecular formula is C14H14O2. The molecule has 2 nitrogen and oxygen atoms in total. The van der Waals surface area contributed by atoms with Gasteiger partial charge >= 0.3 is 0 Å². The monoisotopic (exact) mass is 214 g/mol. The predicted octanol–water partition coefficient (Wildman–Crippen LogP) is 3.13. The van der Waals surface area contributed by atoms with Crippen LogP contribution in [0.5, 0.6) is 11.5 Å². The van der Waals surface area contributed by atoms with Crippen LogP contribution in [-0.2, 0) is 0 Å². The standard InChI is InChI=1S/C14H14O2/c1-3-5-11-15-13-9-7-8-10-14(13)16-12-6-4-2/h5-10H,1-2,11-12H2. The highest BCUT2D eigenvalue weighted by Gasteiger charge is 2.01. The Morgan fingerprint density at radius 1 is 0.938 bits per heavy atom. The zero-order chi connectivity index (χ0) is 11.6. The third-order valence-electron chi connectivity index (χ3n) is 1.78. The molecule has 0 heterocycles. The molecule has 0 aliphatic rings. The molecule has 1 rings (SSSR count). The largest absolute Gasteiger partial charge is 0.485 e. The van der Waals surface area contributed by atoms with Crippen LogP contribution < -0.4 is 9.47 Å². The van der Waals surface area contributed by atoms with Crippen LogP contribution in [0.3, 0.4) is 0 Å². The molecule has 0 spiro atoms.